The lowest BCUT2D eigenvalue weighted by molar-refractivity contribution is -0.689. The predicted molar refractivity (Wildman–Crippen MR) is 113 cm³/mol. The lowest BCUT2D eigenvalue weighted by atomic mass is 9.98. The SMILES string of the molecule is COc1cccc(C(O)CC[NH2+]C(Cc2ccccc2)Cc2ccccc2)c1.[Cl-]. The summed E-state index contributed by atoms with van der Waals surface area (Å²) in [5.74, 6) is 0.784. The van der Waals surface area contributed by atoms with Crippen LogP contribution in [0.3, 0.4) is 0 Å². The number of halogens is 1. The second-order valence-corrected chi connectivity index (χ2v) is 7.24. The van der Waals surface area contributed by atoms with Crippen molar-refractivity contribution in [2.24, 2.45) is 0 Å². The highest BCUT2D eigenvalue weighted by molar-refractivity contribution is 5.29. The number of aliphatic hydroxyl groups excluding tert-OH is 1. The van der Waals surface area contributed by atoms with E-state index in [0.29, 0.717) is 12.5 Å². The fraction of sp³-hybridized carbons (Fsp3) is 0.280. The van der Waals surface area contributed by atoms with Crippen LogP contribution in [-0.2, 0) is 12.8 Å². The van der Waals surface area contributed by atoms with Crippen molar-refractivity contribution in [2.45, 2.75) is 31.4 Å². The number of nitrogens with two attached hydrogens (primary N) is 1. The fourth-order valence-electron chi connectivity index (χ4n) is 3.58. The van der Waals surface area contributed by atoms with Crippen LogP contribution < -0.4 is 22.5 Å². The summed E-state index contributed by atoms with van der Waals surface area (Å²) in [6.45, 7) is 0.878. The zero-order chi connectivity index (χ0) is 19.6. The maximum Gasteiger partial charge on any atom is 0.119 e. The molecule has 154 valence electrons. The molecule has 0 spiro atoms. The third-order valence-electron chi connectivity index (χ3n) is 5.10. The molecule has 1 unspecified atom stereocenters. The van der Waals surface area contributed by atoms with Gasteiger partial charge in [-0.2, -0.15) is 0 Å². The van der Waals surface area contributed by atoms with Crippen LogP contribution in [0.15, 0.2) is 84.9 Å². The van der Waals surface area contributed by atoms with Crippen molar-refractivity contribution in [1.82, 2.24) is 0 Å². The monoisotopic (exact) mass is 411 g/mol. The van der Waals surface area contributed by atoms with Crippen LogP contribution in [-0.4, -0.2) is 24.8 Å². The van der Waals surface area contributed by atoms with Crippen LogP contribution in [0.25, 0.3) is 0 Å². The normalized spacial score (nSPS) is 11.7. The van der Waals surface area contributed by atoms with Crippen LogP contribution >= 0.6 is 0 Å². The molecule has 0 bridgehead atoms. The molecule has 29 heavy (non-hydrogen) atoms. The molecule has 0 amide bonds. The van der Waals surface area contributed by atoms with E-state index < -0.39 is 6.10 Å². The first-order valence-electron chi connectivity index (χ1n) is 9.98. The van der Waals surface area contributed by atoms with Gasteiger partial charge in [-0.1, -0.05) is 72.8 Å². The highest BCUT2D eigenvalue weighted by Gasteiger charge is 2.16. The van der Waals surface area contributed by atoms with E-state index in [-0.39, 0.29) is 12.4 Å². The van der Waals surface area contributed by atoms with Gasteiger partial charge in [0.05, 0.1) is 25.8 Å². The molecule has 0 heterocycles. The summed E-state index contributed by atoms with van der Waals surface area (Å²) in [7, 11) is 1.65. The average Bonchev–Trinajstić information content (AvgIpc) is 2.75. The minimum Gasteiger partial charge on any atom is -1.00 e. The van der Waals surface area contributed by atoms with Crippen molar-refractivity contribution in [1.29, 1.82) is 0 Å². The van der Waals surface area contributed by atoms with Gasteiger partial charge in [-0.25, -0.2) is 0 Å². The van der Waals surface area contributed by atoms with Crippen LogP contribution in [0, 0.1) is 0 Å². The molecule has 0 aliphatic carbocycles. The Balaban J connectivity index is 0.00000300. The molecule has 0 aromatic heterocycles. The van der Waals surface area contributed by atoms with Gasteiger partial charge < -0.3 is 27.6 Å². The Kier molecular flexibility index (Phi) is 9.72. The van der Waals surface area contributed by atoms with E-state index in [1.165, 1.54) is 11.1 Å². The first-order valence-corrected chi connectivity index (χ1v) is 9.98. The van der Waals surface area contributed by atoms with Crippen LogP contribution in [0.1, 0.15) is 29.2 Å². The topological polar surface area (TPSA) is 46.1 Å². The first kappa shape index (κ1) is 23.0. The maximum absolute atomic E-state index is 10.6. The Bertz CT molecular complexity index is 785. The van der Waals surface area contributed by atoms with Crippen molar-refractivity contribution in [3.63, 3.8) is 0 Å². The Morgan fingerprint density at radius 2 is 1.41 bits per heavy atom. The van der Waals surface area contributed by atoms with Crippen molar-refractivity contribution < 1.29 is 27.6 Å². The van der Waals surface area contributed by atoms with Gasteiger partial charge in [-0.3, -0.25) is 0 Å². The van der Waals surface area contributed by atoms with Crippen LogP contribution in [0.2, 0.25) is 0 Å². The highest BCUT2D eigenvalue weighted by atomic mass is 35.5. The summed E-state index contributed by atoms with van der Waals surface area (Å²) in [4.78, 5) is 0. The van der Waals surface area contributed by atoms with E-state index in [2.05, 4.69) is 66.0 Å². The highest BCUT2D eigenvalue weighted by Crippen LogP contribution is 2.20. The van der Waals surface area contributed by atoms with Gasteiger partial charge in [0.15, 0.2) is 0 Å². The molecule has 1 atom stereocenters. The lowest BCUT2D eigenvalue weighted by Crippen LogP contribution is -3.00. The number of rotatable bonds is 10. The number of methoxy groups -OCH3 is 1. The summed E-state index contributed by atoms with van der Waals surface area (Å²) < 4.78 is 5.26. The number of quaternary nitrogens is 1. The van der Waals surface area contributed by atoms with Crippen molar-refractivity contribution >= 4 is 0 Å². The molecule has 4 heteroatoms. The molecule has 3 nitrogen and oxygen atoms in total. The Morgan fingerprint density at radius 3 is 1.97 bits per heavy atom. The summed E-state index contributed by atoms with van der Waals surface area (Å²) in [5.41, 5.74) is 3.62. The van der Waals surface area contributed by atoms with Gasteiger partial charge in [0.1, 0.15) is 5.75 Å². The molecular formula is C25H30ClNO2. The lowest BCUT2D eigenvalue weighted by Gasteiger charge is -2.18. The number of benzene rings is 3. The second-order valence-electron chi connectivity index (χ2n) is 7.24. The maximum atomic E-state index is 10.6. The minimum absolute atomic E-state index is 0. The number of aliphatic hydroxyl groups is 1. The summed E-state index contributed by atoms with van der Waals surface area (Å²) in [6.07, 6.45) is 2.28. The molecule has 0 aliphatic heterocycles. The molecule has 3 aromatic carbocycles. The molecule has 3 aromatic rings. The van der Waals surface area contributed by atoms with E-state index in [0.717, 1.165) is 30.7 Å². The van der Waals surface area contributed by atoms with E-state index in [1.54, 1.807) is 7.11 Å². The Hall–Kier alpha value is -2.33. The summed E-state index contributed by atoms with van der Waals surface area (Å²) in [5, 5.41) is 12.9. The molecule has 0 saturated heterocycles. The molecule has 3 rings (SSSR count). The molecule has 3 N–H and O–H groups in total. The summed E-state index contributed by atoms with van der Waals surface area (Å²) in [6, 6.07) is 29.4. The fourth-order valence-corrected chi connectivity index (χ4v) is 3.58. The Labute approximate surface area is 180 Å². The number of ether oxygens (including phenoxy) is 1. The van der Waals surface area contributed by atoms with Gasteiger partial charge >= 0.3 is 0 Å². The largest absolute Gasteiger partial charge is 1.00 e. The number of hydrogen-bond acceptors (Lipinski definition) is 2. The number of hydrogen-bond donors (Lipinski definition) is 2. The summed E-state index contributed by atoms with van der Waals surface area (Å²) >= 11 is 0. The molecule has 0 aliphatic rings. The van der Waals surface area contributed by atoms with Crippen molar-refractivity contribution in [3.05, 3.63) is 102 Å². The van der Waals surface area contributed by atoms with Crippen molar-refractivity contribution in [2.75, 3.05) is 13.7 Å². The van der Waals surface area contributed by atoms with Gasteiger partial charge in [0.25, 0.3) is 0 Å². The van der Waals surface area contributed by atoms with Crippen molar-refractivity contribution in [3.8, 4) is 5.75 Å². The van der Waals surface area contributed by atoms with Gasteiger partial charge in [-0.15, -0.1) is 0 Å². The van der Waals surface area contributed by atoms with Crippen LogP contribution in [0.5, 0.6) is 5.75 Å². The Morgan fingerprint density at radius 1 is 0.828 bits per heavy atom. The molecule has 0 radical (unpaired) electrons. The standard InChI is InChI=1S/C25H29NO2.ClH/c1-28-24-14-8-13-22(19-24)25(27)15-16-26-23(17-20-9-4-2-5-10-20)18-21-11-6-3-7-12-21;/h2-14,19,23,25-27H,15-18H2,1H3;1H. The van der Waals surface area contributed by atoms with E-state index in [1.807, 2.05) is 24.3 Å². The van der Waals surface area contributed by atoms with Gasteiger partial charge in [-0.05, 0) is 28.8 Å². The zero-order valence-electron chi connectivity index (χ0n) is 16.9. The van der Waals surface area contributed by atoms with E-state index in [9.17, 15) is 5.11 Å². The average molecular weight is 412 g/mol. The quantitative estimate of drug-likeness (QED) is 0.511. The molecule has 0 fully saturated rings. The third-order valence-corrected chi connectivity index (χ3v) is 5.10. The van der Waals surface area contributed by atoms with Gasteiger partial charge in [0, 0.05) is 19.3 Å². The minimum atomic E-state index is -0.472. The second kappa shape index (κ2) is 12.3. The zero-order valence-corrected chi connectivity index (χ0v) is 17.6. The van der Waals surface area contributed by atoms with Gasteiger partial charge in [0.2, 0.25) is 0 Å². The molecule has 0 saturated carbocycles. The first-order chi connectivity index (χ1) is 13.7. The third kappa shape index (κ3) is 7.54. The smallest absolute Gasteiger partial charge is 0.119 e. The molecular weight excluding hydrogens is 382 g/mol. The van der Waals surface area contributed by atoms with E-state index >= 15 is 0 Å². The predicted octanol–water partition coefficient (Wildman–Crippen LogP) is 0.540. The van der Waals surface area contributed by atoms with E-state index in [4.69, 9.17) is 4.74 Å². The van der Waals surface area contributed by atoms with Crippen LogP contribution in [0.4, 0.5) is 0 Å².